The number of hydrogen-bond acceptors (Lipinski definition) is 5. The molecule has 0 unspecified atom stereocenters. The molecule has 21 heavy (non-hydrogen) atoms. The Labute approximate surface area is 126 Å². The van der Waals surface area contributed by atoms with Crippen molar-refractivity contribution >= 4 is 23.3 Å². The molecule has 2 aromatic rings. The molecule has 0 saturated carbocycles. The molecule has 0 bridgehead atoms. The minimum absolute atomic E-state index is 0.131. The van der Waals surface area contributed by atoms with Crippen LogP contribution in [0.1, 0.15) is 32.5 Å². The van der Waals surface area contributed by atoms with Crippen LogP contribution in [0.15, 0.2) is 12.4 Å². The van der Waals surface area contributed by atoms with Gasteiger partial charge in [-0.3, -0.25) is 4.40 Å². The van der Waals surface area contributed by atoms with Crippen molar-refractivity contribution < 1.29 is 9.53 Å². The fourth-order valence-corrected chi connectivity index (χ4v) is 2.40. The molecule has 3 heterocycles. The van der Waals surface area contributed by atoms with Gasteiger partial charge in [-0.2, -0.15) is 0 Å². The van der Waals surface area contributed by atoms with E-state index >= 15 is 0 Å². The summed E-state index contributed by atoms with van der Waals surface area (Å²) in [4.78, 5) is 17.5. The van der Waals surface area contributed by atoms with E-state index in [9.17, 15) is 4.79 Å². The third-order valence-corrected chi connectivity index (χ3v) is 3.48. The monoisotopic (exact) mass is 309 g/mol. The van der Waals surface area contributed by atoms with E-state index < -0.39 is 5.60 Å². The molecule has 7 nitrogen and oxygen atoms in total. The zero-order valence-electron chi connectivity index (χ0n) is 12.1. The summed E-state index contributed by atoms with van der Waals surface area (Å²) in [5.41, 5.74) is 0.0491. The van der Waals surface area contributed by atoms with Crippen LogP contribution in [0.2, 0.25) is 5.15 Å². The first-order valence-corrected chi connectivity index (χ1v) is 7.06. The quantitative estimate of drug-likeness (QED) is 0.806. The van der Waals surface area contributed by atoms with Crippen molar-refractivity contribution in [3.05, 3.63) is 23.4 Å². The van der Waals surface area contributed by atoms with Crippen molar-refractivity contribution in [3.63, 3.8) is 0 Å². The average molecular weight is 310 g/mol. The molecule has 1 aliphatic heterocycles. The third kappa shape index (κ3) is 2.65. The molecule has 0 aromatic carbocycles. The van der Waals surface area contributed by atoms with Gasteiger partial charge in [-0.05, 0) is 20.8 Å². The van der Waals surface area contributed by atoms with Crippen LogP contribution in [-0.4, -0.2) is 49.3 Å². The van der Waals surface area contributed by atoms with E-state index in [0.29, 0.717) is 23.9 Å². The molecule has 1 aliphatic rings. The van der Waals surface area contributed by atoms with Crippen molar-refractivity contribution in [1.29, 1.82) is 0 Å². The summed E-state index contributed by atoms with van der Waals surface area (Å²) in [5, 5.41) is 8.51. The Morgan fingerprint density at radius 1 is 1.38 bits per heavy atom. The molecular weight excluding hydrogens is 294 g/mol. The van der Waals surface area contributed by atoms with Crippen LogP contribution in [0.5, 0.6) is 0 Å². The van der Waals surface area contributed by atoms with Crippen LogP contribution in [0.25, 0.3) is 5.65 Å². The Morgan fingerprint density at radius 2 is 2.10 bits per heavy atom. The van der Waals surface area contributed by atoms with E-state index in [1.54, 1.807) is 17.3 Å². The Morgan fingerprint density at radius 3 is 2.76 bits per heavy atom. The van der Waals surface area contributed by atoms with E-state index in [-0.39, 0.29) is 12.0 Å². The van der Waals surface area contributed by atoms with Gasteiger partial charge in [0.05, 0.1) is 5.92 Å². The number of carbonyl (C=O) groups excluding carboxylic acids is 1. The lowest BCUT2D eigenvalue weighted by Crippen LogP contribution is -2.50. The zero-order valence-corrected chi connectivity index (χ0v) is 12.8. The smallest absolute Gasteiger partial charge is 0.410 e. The van der Waals surface area contributed by atoms with E-state index in [4.69, 9.17) is 16.3 Å². The minimum Gasteiger partial charge on any atom is -0.444 e. The van der Waals surface area contributed by atoms with Crippen LogP contribution >= 0.6 is 11.6 Å². The average Bonchev–Trinajstić information content (AvgIpc) is 2.70. The van der Waals surface area contributed by atoms with Crippen LogP contribution in [-0.2, 0) is 4.74 Å². The molecule has 1 amide bonds. The van der Waals surface area contributed by atoms with Crippen LogP contribution < -0.4 is 0 Å². The number of nitrogens with zero attached hydrogens (tertiary/aromatic N) is 5. The van der Waals surface area contributed by atoms with Gasteiger partial charge in [0.1, 0.15) is 11.4 Å². The van der Waals surface area contributed by atoms with Crippen LogP contribution in [0.3, 0.4) is 0 Å². The molecule has 0 aliphatic carbocycles. The fraction of sp³-hybridized carbons (Fsp3) is 0.538. The van der Waals surface area contributed by atoms with Crippen molar-refractivity contribution in [2.45, 2.75) is 32.3 Å². The zero-order chi connectivity index (χ0) is 15.2. The van der Waals surface area contributed by atoms with E-state index in [1.807, 2.05) is 25.2 Å². The lowest BCUT2D eigenvalue weighted by molar-refractivity contribution is 0.00743. The summed E-state index contributed by atoms with van der Waals surface area (Å²) in [5.74, 6) is 0.917. The standard InChI is InChI=1S/C13H16ClN5O2/c1-13(2,3)21-12(20)18-6-8(7-18)10-16-17-11-9(14)15-4-5-19(10)11/h4-5,8H,6-7H2,1-3H3. The molecule has 0 radical (unpaired) electrons. The predicted molar refractivity (Wildman–Crippen MR) is 76.3 cm³/mol. The van der Waals surface area contributed by atoms with Crippen LogP contribution in [0.4, 0.5) is 4.79 Å². The molecule has 3 rings (SSSR count). The van der Waals surface area contributed by atoms with Gasteiger partial charge in [0.25, 0.3) is 0 Å². The minimum atomic E-state index is -0.483. The van der Waals surface area contributed by atoms with Gasteiger partial charge < -0.3 is 9.64 Å². The van der Waals surface area contributed by atoms with E-state index in [1.165, 1.54) is 0 Å². The number of carbonyl (C=O) groups is 1. The lowest BCUT2D eigenvalue weighted by Gasteiger charge is -2.38. The van der Waals surface area contributed by atoms with E-state index in [0.717, 1.165) is 5.82 Å². The molecule has 112 valence electrons. The number of likely N-dealkylation sites (tertiary alicyclic amines) is 1. The van der Waals surface area contributed by atoms with Crippen molar-refractivity contribution in [1.82, 2.24) is 24.5 Å². The predicted octanol–water partition coefficient (Wildman–Crippen LogP) is 2.11. The largest absolute Gasteiger partial charge is 0.444 e. The van der Waals surface area contributed by atoms with Gasteiger partial charge in [0.2, 0.25) is 0 Å². The summed E-state index contributed by atoms with van der Waals surface area (Å²) in [6.07, 6.45) is 3.08. The fourth-order valence-electron chi connectivity index (χ4n) is 2.21. The first-order chi connectivity index (χ1) is 9.85. The maximum absolute atomic E-state index is 11.9. The second kappa shape index (κ2) is 4.84. The molecule has 1 fully saturated rings. The molecular formula is C13H16ClN5O2. The number of aromatic nitrogens is 4. The number of ether oxygens (including phenoxy) is 1. The molecule has 2 aromatic heterocycles. The van der Waals surface area contributed by atoms with Gasteiger partial charge in [-0.1, -0.05) is 11.6 Å². The molecule has 0 N–H and O–H groups in total. The molecule has 8 heteroatoms. The number of rotatable bonds is 1. The first-order valence-electron chi connectivity index (χ1n) is 6.68. The summed E-state index contributed by atoms with van der Waals surface area (Å²) in [7, 11) is 0. The molecule has 0 atom stereocenters. The SMILES string of the molecule is CC(C)(C)OC(=O)N1CC(c2nnc3c(Cl)nccn23)C1. The van der Waals surface area contributed by atoms with Crippen molar-refractivity contribution in [2.24, 2.45) is 0 Å². The second-order valence-electron chi connectivity index (χ2n) is 6.05. The summed E-state index contributed by atoms with van der Waals surface area (Å²) in [6, 6.07) is 0. The van der Waals surface area contributed by atoms with Crippen LogP contribution in [0, 0.1) is 0 Å². The Balaban J connectivity index is 1.71. The van der Waals surface area contributed by atoms with Gasteiger partial charge in [0.15, 0.2) is 10.8 Å². The number of hydrogen-bond donors (Lipinski definition) is 0. The summed E-state index contributed by atoms with van der Waals surface area (Å²) < 4.78 is 7.14. The number of amides is 1. The highest BCUT2D eigenvalue weighted by Gasteiger charge is 2.37. The maximum Gasteiger partial charge on any atom is 0.410 e. The van der Waals surface area contributed by atoms with Gasteiger partial charge >= 0.3 is 6.09 Å². The summed E-state index contributed by atoms with van der Waals surface area (Å²) >= 11 is 5.97. The topological polar surface area (TPSA) is 72.6 Å². The normalized spacial score (nSPS) is 16.1. The first kappa shape index (κ1) is 14.1. The Kier molecular flexibility index (Phi) is 3.24. The highest BCUT2D eigenvalue weighted by atomic mass is 35.5. The highest BCUT2D eigenvalue weighted by Crippen LogP contribution is 2.28. The highest BCUT2D eigenvalue weighted by molar-refractivity contribution is 6.32. The maximum atomic E-state index is 11.9. The van der Waals surface area contributed by atoms with Crippen molar-refractivity contribution in [2.75, 3.05) is 13.1 Å². The van der Waals surface area contributed by atoms with Crippen molar-refractivity contribution in [3.8, 4) is 0 Å². The Bertz CT molecular complexity index is 687. The second-order valence-corrected chi connectivity index (χ2v) is 6.41. The summed E-state index contributed by atoms with van der Waals surface area (Å²) in [6.45, 7) is 6.68. The Hall–Kier alpha value is -1.89. The molecule has 0 spiro atoms. The van der Waals surface area contributed by atoms with Gasteiger partial charge in [-0.15, -0.1) is 10.2 Å². The third-order valence-electron chi connectivity index (χ3n) is 3.21. The van der Waals surface area contributed by atoms with E-state index in [2.05, 4.69) is 15.2 Å². The number of halogens is 1. The van der Waals surface area contributed by atoms with Gasteiger partial charge in [-0.25, -0.2) is 9.78 Å². The molecule has 1 saturated heterocycles. The lowest BCUT2D eigenvalue weighted by atomic mass is 10.00. The number of fused-ring (bicyclic) bond motifs is 1. The van der Waals surface area contributed by atoms with Gasteiger partial charge in [0, 0.05) is 25.5 Å².